The van der Waals surface area contributed by atoms with Gasteiger partial charge in [0, 0.05) is 28.8 Å². The van der Waals surface area contributed by atoms with Crippen molar-refractivity contribution < 1.29 is 19.1 Å². The third-order valence-corrected chi connectivity index (χ3v) is 4.75. The summed E-state index contributed by atoms with van der Waals surface area (Å²) in [6, 6.07) is 14.6. The number of benzene rings is 2. The molecule has 3 amide bonds. The van der Waals surface area contributed by atoms with Gasteiger partial charge in [-0.05, 0) is 73.2 Å². The average molecular weight is 523 g/mol. The number of anilines is 1. The predicted molar refractivity (Wildman–Crippen MR) is 124 cm³/mol. The maximum atomic E-state index is 12.4. The van der Waals surface area contributed by atoms with Crippen molar-refractivity contribution in [2.75, 3.05) is 11.9 Å². The summed E-state index contributed by atoms with van der Waals surface area (Å²) in [5, 5.41) is 8.22. The molecule has 0 aromatic heterocycles. The van der Waals surface area contributed by atoms with Crippen molar-refractivity contribution in [2.45, 2.75) is 39.3 Å². The summed E-state index contributed by atoms with van der Waals surface area (Å²) in [7, 11) is 0. The Hall–Kier alpha value is -2.62. The molecule has 2 aromatic carbocycles. The van der Waals surface area contributed by atoms with Crippen molar-refractivity contribution in [3.05, 3.63) is 63.2 Å². The first kappa shape index (κ1) is 23.7. The van der Waals surface area contributed by atoms with Gasteiger partial charge in [-0.2, -0.15) is 0 Å². The number of halogens is 1. The van der Waals surface area contributed by atoms with Crippen molar-refractivity contribution in [1.82, 2.24) is 10.6 Å². The van der Waals surface area contributed by atoms with Crippen LogP contribution in [0.25, 0.3) is 0 Å². The van der Waals surface area contributed by atoms with E-state index in [0.717, 1.165) is 9.13 Å². The first-order chi connectivity index (χ1) is 14.1. The molecule has 0 heterocycles. The lowest BCUT2D eigenvalue weighted by atomic mass is 10.1. The van der Waals surface area contributed by atoms with Crippen LogP contribution in [0.1, 0.15) is 43.1 Å². The van der Waals surface area contributed by atoms with Gasteiger partial charge in [0.15, 0.2) is 0 Å². The summed E-state index contributed by atoms with van der Waals surface area (Å²) >= 11 is 2.12. The first-order valence-electron chi connectivity index (χ1n) is 9.52. The number of carbonyl (C=O) groups is 3. The van der Waals surface area contributed by atoms with Crippen molar-refractivity contribution >= 4 is 46.2 Å². The Labute approximate surface area is 190 Å². The van der Waals surface area contributed by atoms with Gasteiger partial charge in [-0.3, -0.25) is 9.59 Å². The molecule has 0 saturated heterocycles. The number of carbonyl (C=O) groups excluding carboxylic acids is 3. The standard InChI is InChI=1S/C22H26IN3O4/c1-22(2,3)30-21(29)24-12-11-19(27)25-14-15-7-6-8-16(13-15)26-20(28)17-9-4-5-10-18(17)23/h4-10,13H,11-12,14H2,1-3H3,(H,24,29)(H,25,27)(H,26,28). The van der Waals surface area contributed by atoms with Crippen LogP contribution in [0, 0.1) is 3.57 Å². The zero-order valence-electron chi connectivity index (χ0n) is 17.3. The van der Waals surface area contributed by atoms with Gasteiger partial charge < -0.3 is 20.7 Å². The molecule has 7 nitrogen and oxygen atoms in total. The Bertz CT molecular complexity index is 909. The lowest BCUT2D eigenvalue weighted by Gasteiger charge is -2.19. The van der Waals surface area contributed by atoms with Crippen LogP contribution in [0.3, 0.4) is 0 Å². The highest BCUT2D eigenvalue weighted by Gasteiger charge is 2.16. The number of alkyl carbamates (subject to hydrolysis) is 1. The second kappa shape index (κ2) is 11.0. The minimum atomic E-state index is -0.578. The Kier molecular flexibility index (Phi) is 8.64. The van der Waals surface area contributed by atoms with E-state index in [1.807, 2.05) is 36.4 Å². The Morgan fingerprint density at radius 2 is 1.73 bits per heavy atom. The molecule has 0 fully saturated rings. The van der Waals surface area contributed by atoms with Crippen LogP contribution in [-0.2, 0) is 16.1 Å². The van der Waals surface area contributed by atoms with Gasteiger partial charge in [0.1, 0.15) is 5.60 Å². The number of amides is 3. The highest BCUT2D eigenvalue weighted by molar-refractivity contribution is 14.1. The second-order valence-corrected chi connectivity index (χ2v) is 8.75. The molecule has 30 heavy (non-hydrogen) atoms. The Morgan fingerprint density at radius 3 is 2.43 bits per heavy atom. The van der Waals surface area contributed by atoms with E-state index in [4.69, 9.17) is 4.74 Å². The molecule has 0 bridgehead atoms. The SMILES string of the molecule is CC(C)(C)OC(=O)NCCC(=O)NCc1cccc(NC(=O)c2ccccc2I)c1. The molecule has 0 saturated carbocycles. The van der Waals surface area contributed by atoms with Crippen LogP contribution in [-0.4, -0.2) is 30.1 Å². The highest BCUT2D eigenvalue weighted by atomic mass is 127. The van der Waals surface area contributed by atoms with Crippen LogP contribution < -0.4 is 16.0 Å². The fourth-order valence-electron chi connectivity index (χ4n) is 2.48. The second-order valence-electron chi connectivity index (χ2n) is 7.59. The number of hydrogen-bond acceptors (Lipinski definition) is 4. The van der Waals surface area contributed by atoms with Gasteiger partial charge in [0.25, 0.3) is 5.91 Å². The molecule has 0 unspecified atom stereocenters. The van der Waals surface area contributed by atoms with E-state index in [2.05, 4.69) is 38.5 Å². The summed E-state index contributed by atoms with van der Waals surface area (Å²) in [6.45, 7) is 5.83. The zero-order chi connectivity index (χ0) is 22.1. The third-order valence-electron chi connectivity index (χ3n) is 3.81. The van der Waals surface area contributed by atoms with Crippen molar-refractivity contribution in [3.63, 3.8) is 0 Å². The largest absolute Gasteiger partial charge is 0.444 e. The molecule has 0 aliphatic carbocycles. The van der Waals surface area contributed by atoms with Crippen LogP contribution in [0.5, 0.6) is 0 Å². The molecule has 0 spiro atoms. The van der Waals surface area contributed by atoms with Gasteiger partial charge in [0.2, 0.25) is 5.91 Å². The monoisotopic (exact) mass is 523 g/mol. The van der Waals surface area contributed by atoms with Gasteiger partial charge >= 0.3 is 6.09 Å². The van der Waals surface area contributed by atoms with Crippen LogP contribution >= 0.6 is 22.6 Å². The van der Waals surface area contributed by atoms with E-state index < -0.39 is 11.7 Å². The highest BCUT2D eigenvalue weighted by Crippen LogP contribution is 2.16. The predicted octanol–water partition coefficient (Wildman–Crippen LogP) is 4.07. The summed E-state index contributed by atoms with van der Waals surface area (Å²) in [6.07, 6.45) is -0.408. The molecular formula is C22H26IN3O4. The molecule has 3 N–H and O–H groups in total. The maximum absolute atomic E-state index is 12.4. The number of nitrogens with one attached hydrogen (secondary N) is 3. The number of rotatable bonds is 7. The third kappa shape index (κ3) is 8.40. The van der Waals surface area contributed by atoms with Crippen molar-refractivity contribution in [2.24, 2.45) is 0 Å². The van der Waals surface area contributed by atoms with Gasteiger partial charge in [-0.1, -0.05) is 24.3 Å². The molecule has 0 aliphatic heterocycles. The molecule has 0 atom stereocenters. The average Bonchev–Trinajstić information content (AvgIpc) is 2.65. The maximum Gasteiger partial charge on any atom is 0.407 e. The van der Waals surface area contributed by atoms with E-state index >= 15 is 0 Å². The van der Waals surface area contributed by atoms with E-state index in [0.29, 0.717) is 17.8 Å². The molecule has 2 aromatic rings. The van der Waals surface area contributed by atoms with Gasteiger partial charge in [0.05, 0.1) is 5.56 Å². The zero-order valence-corrected chi connectivity index (χ0v) is 19.4. The van der Waals surface area contributed by atoms with Gasteiger partial charge in [-0.25, -0.2) is 4.79 Å². The lowest BCUT2D eigenvalue weighted by Crippen LogP contribution is -2.35. The van der Waals surface area contributed by atoms with Crippen molar-refractivity contribution in [1.29, 1.82) is 0 Å². The van der Waals surface area contributed by atoms with Crippen LogP contribution in [0.4, 0.5) is 10.5 Å². The molecule has 8 heteroatoms. The first-order valence-corrected chi connectivity index (χ1v) is 10.6. The van der Waals surface area contributed by atoms with Crippen molar-refractivity contribution in [3.8, 4) is 0 Å². The Balaban J connectivity index is 1.80. The van der Waals surface area contributed by atoms with E-state index in [9.17, 15) is 14.4 Å². The summed E-state index contributed by atoms with van der Waals surface area (Å²) in [5.74, 6) is -0.381. The summed E-state index contributed by atoms with van der Waals surface area (Å²) in [5.41, 5.74) is 1.53. The fourth-order valence-corrected chi connectivity index (χ4v) is 3.12. The fraction of sp³-hybridized carbons (Fsp3) is 0.318. The topological polar surface area (TPSA) is 96.5 Å². The molecule has 2 rings (SSSR count). The quantitative estimate of drug-likeness (QED) is 0.477. The molecular weight excluding hydrogens is 497 g/mol. The van der Waals surface area contributed by atoms with Crippen LogP contribution in [0.15, 0.2) is 48.5 Å². The van der Waals surface area contributed by atoms with Gasteiger partial charge in [-0.15, -0.1) is 0 Å². The normalized spacial score (nSPS) is 10.8. The minimum absolute atomic E-state index is 0.141. The smallest absolute Gasteiger partial charge is 0.407 e. The molecule has 160 valence electrons. The summed E-state index contributed by atoms with van der Waals surface area (Å²) in [4.78, 5) is 36.0. The lowest BCUT2D eigenvalue weighted by molar-refractivity contribution is -0.121. The Morgan fingerprint density at radius 1 is 1.00 bits per heavy atom. The van der Waals surface area contributed by atoms with E-state index in [1.54, 1.807) is 32.9 Å². The van der Waals surface area contributed by atoms with E-state index in [1.165, 1.54) is 0 Å². The number of ether oxygens (including phenoxy) is 1. The van der Waals surface area contributed by atoms with Crippen LogP contribution in [0.2, 0.25) is 0 Å². The number of hydrogen-bond donors (Lipinski definition) is 3. The minimum Gasteiger partial charge on any atom is -0.444 e. The molecule has 0 radical (unpaired) electrons. The van der Waals surface area contributed by atoms with E-state index in [-0.39, 0.29) is 24.8 Å². The summed E-state index contributed by atoms with van der Waals surface area (Å²) < 4.78 is 5.99. The molecule has 0 aliphatic rings.